The SMILES string of the molecule is C#C.NCCC1C/C=C\C=C/CCOc2ccccc21. The van der Waals surface area contributed by atoms with Crippen LogP contribution in [-0.4, -0.2) is 13.2 Å². The molecule has 20 heavy (non-hydrogen) atoms. The van der Waals surface area contributed by atoms with Crippen LogP contribution in [0.4, 0.5) is 0 Å². The molecule has 1 aliphatic rings. The van der Waals surface area contributed by atoms with Crippen molar-refractivity contribution in [3.05, 3.63) is 54.1 Å². The van der Waals surface area contributed by atoms with Crippen LogP contribution in [0.2, 0.25) is 0 Å². The van der Waals surface area contributed by atoms with Crippen LogP contribution in [0.25, 0.3) is 0 Å². The molecule has 2 nitrogen and oxygen atoms in total. The number of para-hydroxylation sites is 1. The summed E-state index contributed by atoms with van der Waals surface area (Å²) >= 11 is 0. The maximum atomic E-state index is 5.88. The summed E-state index contributed by atoms with van der Waals surface area (Å²) in [5.41, 5.74) is 7.02. The Labute approximate surface area is 122 Å². The number of terminal acetylenes is 1. The van der Waals surface area contributed by atoms with Crippen LogP contribution in [-0.2, 0) is 0 Å². The van der Waals surface area contributed by atoms with E-state index in [0.717, 1.165) is 31.6 Å². The molecule has 1 aromatic rings. The van der Waals surface area contributed by atoms with E-state index in [0.29, 0.717) is 12.5 Å². The van der Waals surface area contributed by atoms with Crippen LogP contribution >= 0.6 is 0 Å². The molecule has 2 N–H and O–H groups in total. The summed E-state index contributed by atoms with van der Waals surface area (Å²) in [6.45, 7) is 1.44. The second-order valence-electron chi connectivity index (χ2n) is 4.54. The summed E-state index contributed by atoms with van der Waals surface area (Å²) in [4.78, 5) is 0. The predicted molar refractivity (Wildman–Crippen MR) is 85.8 cm³/mol. The first-order valence-electron chi connectivity index (χ1n) is 6.98. The second kappa shape index (κ2) is 9.89. The van der Waals surface area contributed by atoms with Crippen molar-refractivity contribution < 1.29 is 4.74 Å². The van der Waals surface area contributed by atoms with E-state index >= 15 is 0 Å². The van der Waals surface area contributed by atoms with Gasteiger partial charge < -0.3 is 10.5 Å². The number of ether oxygens (including phenoxy) is 1. The Balaban J connectivity index is 0.000000956. The Kier molecular flexibility index (Phi) is 7.95. The van der Waals surface area contributed by atoms with Gasteiger partial charge in [-0.25, -0.2) is 0 Å². The Morgan fingerprint density at radius 2 is 1.90 bits per heavy atom. The fourth-order valence-electron chi connectivity index (χ4n) is 2.28. The first kappa shape index (κ1) is 16.1. The van der Waals surface area contributed by atoms with Crippen molar-refractivity contribution in [2.75, 3.05) is 13.2 Å². The van der Waals surface area contributed by atoms with E-state index < -0.39 is 0 Å². The molecule has 0 aromatic heterocycles. The van der Waals surface area contributed by atoms with Crippen LogP contribution in [0.3, 0.4) is 0 Å². The normalized spacial score (nSPS) is 21.1. The molecule has 1 aliphatic heterocycles. The van der Waals surface area contributed by atoms with Crippen molar-refractivity contribution in [1.29, 1.82) is 0 Å². The number of fused-ring (bicyclic) bond motifs is 1. The maximum Gasteiger partial charge on any atom is 0.122 e. The molecule has 0 aliphatic carbocycles. The van der Waals surface area contributed by atoms with Gasteiger partial charge in [-0.2, -0.15) is 0 Å². The van der Waals surface area contributed by atoms with Crippen LogP contribution in [0, 0.1) is 12.8 Å². The summed E-state index contributed by atoms with van der Waals surface area (Å²) < 4.78 is 5.88. The third-order valence-electron chi connectivity index (χ3n) is 3.22. The highest BCUT2D eigenvalue weighted by Gasteiger charge is 2.14. The highest BCUT2D eigenvalue weighted by Crippen LogP contribution is 2.31. The van der Waals surface area contributed by atoms with Gasteiger partial charge in [-0.15, -0.1) is 12.8 Å². The van der Waals surface area contributed by atoms with Crippen molar-refractivity contribution >= 4 is 0 Å². The zero-order chi connectivity index (χ0) is 14.6. The average molecular weight is 269 g/mol. The monoisotopic (exact) mass is 269 g/mol. The van der Waals surface area contributed by atoms with Crippen LogP contribution in [0.5, 0.6) is 5.75 Å². The summed E-state index contributed by atoms with van der Waals surface area (Å²) in [5.74, 6) is 1.47. The molecular formula is C18H23NO. The van der Waals surface area contributed by atoms with Gasteiger partial charge in [0.1, 0.15) is 5.75 Å². The Bertz CT molecular complexity index is 459. The van der Waals surface area contributed by atoms with Crippen LogP contribution in [0.1, 0.15) is 30.7 Å². The summed E-state index contributed by atoms with van der Waals surface area (Å²) in [6, 6.07) is 8.33. The van der Waals surface area contributed by atoms with Gasteiger partial charge in [0.25, 0.3) is 0 Å². The lowest BCUT2D eigenvalue weighted by atomic mass is 9.91. The fourth-order valence-corrected chi connectivity index (χ4v) is 2.28. The minimum atomic E-state index is 0.453. The molecule has 1 unspecified atom stereocenters. The zero-order valence-corrected chi connectivity index (χ0v) is 11.9. The van der Waals surface area contributed by atoms with E-state index in [1.54, 1.807) is 0 Å². The van der Waals surface area contributed by atoms with E-state index in [4.69, 9.17) is 10.5 Å². The average Bonchev–Trinajstić information content (AvgIpc) is 2.55. The first-order valence-corrected chi connectivity index (χ1v) is 6.98. The molecule has 0 bridgehead atoms. The molecule has 0 radical (unpaired) electrons. The third kappa shape index (κ3) is 4.95. The summed E-state index contributed by atoms with van der Waals surface area (Å²) in [6.07, 6.45) is 19.5. The highest BCUT2D eigenvalue weighted by molar-refractivity contribution is 5.37. The number of hydrogen-bond acceptors (Lipinski definition) is 2. The van der Waals surface area contributed by atoms with E-state index in [9.17, 15) is 0 Å². The number of hydrogen-bond donors (Lipinski definition) is 1. The smallest absolute Gasteiger partial charge is 0.122 e. The van der Waals surface area contributed by atoms with Gasteiger partial charge in [-0.05, 0) is 43.4 Å². The van der Waals surface area contributed by atoms with Gasteiger partial charge in [-0.3, -0.25) is 0 Å². The van der Waals surface area contributed by atoms with Gasteiger partial charge in [-0.1, -0.05) is 42.5 Å². The molecule has 0 amide bonds. The van der Waals surface area contributed by atoms with Crippen molar-refractivity contribution in [3.8, 4) is 18.6 Å². The van der Waals surface area contributed by atoms with Crippen molar-refractivity contribution in [2.45, 2.75) is 25.2 Å². The van der Waals surface area contributed by atoms with Crippen molar-refractivity contribution in [3.63, 3.8) is 0 Å². The van der Waals surface area contributed by atoms with Crippen LogP contribution < -0.4 is 10.5 Å². The molecule has 0 saturated carbocycles. The molecule has 1 atom stereocenters. The first-order chi connectivity index (χ1) is 9.92. The molecule has 2 rings (SSSR count). The standard InChI is InChI=1S/C16H21NO.C2H2/c17-12-11-14-8-4-2-1-3-7-13-18-16-10-6-5-9-15(14)16;1-2/h1-6,9-10,14H,7-8,11-13,17H2;1-2H/b3-1-,4-2-;. The zero-order valence-electron chi connectivity index (χ0n) is 11.9. The lowest BCUT2D eigenvalue weighted by Crippen LogP contribution is -2.09. The van der Waals surface area contributed by atoms with Crippen molar-refractivity contribution in [1.82, 2.24) is 0 Å². The maximum absolute atomic E-state index is 5.88. The Morgan fingerprint density at radius 3 is 2.70 bits per heavy atom. The second-order valence-corrected chi connectivity index (χ2v) is 4.54. The summed E-state index contributed by atoms with van der Waals surface area (Å²) in [7, 11) is 0. The van der Waals surface area contributed by atoms with E-state index in [2.05, 4.69) is 55.3 Å². The molecule has 0 spiro atoms. The largest absolute Gasteiger partial charge is 0.493 e. The number of benzene rings is 1. The van der Waals surface area contributed by atoms with E-state index in [1.807, 2.05) is 6.07 Å². The van der Waals surface area contributed by atoms with E-state index in [1.165, 1.54) is 5.56 Å². The molecular weight excluding hydrogens is 246 g/mol. The van der Waals surface area contributed by atoms with Gasteiger partial charge in [0.05, 0.1) is 6.61 Å². The third-order valence-corrected chi connectivity index (χ3v) is 3.22. The molecule has 0 fully saturated rings. The minimum absolute atomic E-state index is 0.453. The number of rotatable bonds is 2. The Morgan fingerprint density at radius 1 is 1.15 bits per heavy atom. The lowest BCUT2D eigenvalue weighted by Gasteiger charge is -2.18. The van der Waals surface area contributed by atoms with E-state index in [-0.39, 0.29) is 0 Å². The molecule has 106 valence electrons. The molecule has 1 heterocycles. The molecule has 1 aromatic carbocycles. The number of allylic oxidation sites excluding steroid dienone is 3. The summed E-state index contributed by atoms with van der Waals surface area (Å²) in [5, 5.41) is 0. The van der Waals surface area contributed by atoms with Gasteiger partial charge >= 0.3 is 0 Å². The highest BCUT2D eigenvalue weighted by atomic mass is 16.5. The predicted octanol–water partition coefficient (Wildman–Crippen LogP) is 3.65. The molecule has 0 saturated heterocycles. The molecule has 2 heteroatoms. The van der Waals surface area contributed by atoms with Crippen molar-refractivity contribution in [2.24, 2.45) is 5.73 Å². The van der Waals surface area contributed by atoms with Gasteiger partial charge in [0, 0.05) is 0 Å². The topological polar surface area (TPSA) is 35.2 Å². The fraction of sp³-hybridized carbons (Fsp3) is 0.333. The quantitative estimate of drug-likeness (QED) is 0.832. The lowest BCUT2D eigenvalue weighted by molar-refractivity contribution is 0.319. The number of nitrogens with two attached hydrogens (primary N) is 1. The Hall–Kier alpha value is -1.98. The van der Waals surface area contributed by atoms with Gasteiger partial charge in [0.15, 0.2) is 0 Å². The van der Waals surface area contributed by atoms with Gasteiger partial charge in [0.2, 0.25) is 0 Å². The minimum Gasteiger partial charge on any atom is -0.493 e. The van der Waals surface area contributed by atoms with Crippen LogP contribution in [0.15, 0.2) is 48.6 Å².